The number of nitrogens with zero attached hydrogens (tertiary/aromatic N) is 1. The van der Waals surface area contributed by atoms with Crippen molar-refractivity contribution in [2.45, 2.75) is 13.3 Å². The zero-order chi connectivity index (χ0) is 10.7. The van der Waals surface area contributed by atoms with E-state index in [1.54, 1.807) is 19.2 Å². The van der Waals surface area contributed by atoms with Crippen LogP contribution >= 0.6 is 0 Å². The van der Waals surface area contributed by atoms with Crippen molar-refractivity contribution >= 4 is 12.1 Å². The molecule has 1 aromatic rings. The SMILES string of the molecule is COC(=O)n1cc(C)cc1CC(=O)O. The summed E-state index contributed by atoms with van der Waals surface area (Å²) >= 11 is 0. The maximum atomic E-state index is 11.2. The van der Waals surface area contributed by atoms with E-state index in [2.05, 4.69) is 4.74 Å². The molecule has 0 bridgehead atoms. The molecular formula is C9H11NO4. The first-order valence-electron chi connectivity index (χ1n) is 4.02. The van der Waals surface area contributed by atoms with E-state index in [1.165, 1.54) is 11.7 Å². The molecule has 0 fully saturated rings. The molecule has 1 heterocycles. The lowest BCUT2D eigenvalue weighted by Gasteiger charge is -2.03. The average Bonchev–Trinajstić information content (AvgIpc) is 2.44. The molecule has 5 heteroatoms. The number of hydrogen-bond donors (Lipinski definition) is 1. The lowest BCUT2D eigenvalue weighted by atomic mass is 10.3. The lowest BCUT2D eigenvalue weighted by Crippen LogP contribution is -2.15. The Labute approximate surface area is 80.9 Å². The summed E-state index contributed by atoms with van der Waals surface area (Å²) in [7, 11) is 1.25. The summed E-state index contributed by atoms with van der Waals surface area (Å²) in [6.07, 6.45) is 0.780. The highest BCUT2D eigenvalue weighted by Crippen LogP contribution is 2.09. The molecule has 0 spiro atoms. The largest absolute Gasteiger partial charge is 0.481 e. The first kappa shape index (κ1) is 10.3. The quantitative estimate of drug-likeness (QED) is 0.769. The van der Waals surface area contributed by atoms with Crippen molar-refractivity contribution in [2.24, 2.45) is 0 Å². The van der Waals surface area contributed by atoms with Crippen LogP contribution in [0.15, 0.2) is 12.3 Å². The molecule has 0 atom stereocenters. The molecule has 5 nitrogen and oxygen atoms in total. The summed E-state index contributed by atoms with van der Waals surface area (Å²) < 4.78 is 5.70. The predicted molar refractivity (Wildman–Crippen MR) is 48.3 cm³/mol. The van der Waals surface area contributed by atoms with Crippen molar-refractivity contribution in [3.63, 3.8) is 0 Å². The Bertz CT molecular complexity index is 367. The van der Waals surface area contributed by atoms with Gasteiger partial charge in [-0.25, -0.2) is 4.79 Å². The third-order valence-corrected chi connectivity index (χ3v) is 1.74. The van der Waals surface area contributed by atoms with E-state index in [0.717, 1.165) is 5.56 Å². The minimum absolute atomic E-state index is 0.192. The van der Waals surface area contributed by atoms with Gasteiger partial charge in [-0.2, -0.15) is 0 Å². The second-order valence-electron chi connectivity index (χ2n) is 2.92. The van der Waals surface area contributed by atoms with Gasteiger partial charge in [0.2, 0.25) is 0 Å². The molecular weight excluding hydrogens is 186 g/mol. The van der Waals surface area contributed by atoms with Gasteiger partial charge in [-0.15, -0.1) is 0 Å². The van der Waals surface area contributed by atoms with E-state index < -0.39 is 12.1 Å². The molecule has 76 valence electrons. The topological polar surface area (TPSA) is 68.5 Å². The number of hydrogen-bond acceptors (Lipinski definition) is 3. The van der Waals surface area contributed by atoms with Gasteiger partial charge in [-0.1, -0.05) is 0 Å². The predicted octanol–water partition coefficient (Wildman–Crippen LogP) is 1.04. The van der Waals surface area contributed by atoms with Gasteiger partial charge in [0.15, 0.2) is 0 Å². The van der Waals surface area contributed by atoms with Gasteiger partial charge in [-0.05, 0) is 18.6 Å². The number of carboxylic acid groups (broad SMARTS) is 1. The molecule has 0 aromatic carbocycles. The summed E-state index contributed by atoms with van der Waals surface area (Å²) in [4.78, 5) is 21.7. The van der Waals surface area contributed by atoms with Crippen LogP contribution in [0, 0.1) is 6.92 Å². The highest BCUT2D eigenvalue weighted by molar-refractivity contribution is 5.75. The number of carbonyl (C=O) groups excluding carboxylic acids is 1. The van der Waals surface area contributed by atoms with Crippen molar-refractivity contribution in [2.75, 3.05) is 7.11 Å². The maximum absolute atomic E-state index is 11.2. The molecule has 1 aromatic heterocycles. The molecule has 0 saturated carbocycles. The summed E-state index contributed by atoms with van der Waals surface area (Å²) in [5, 5.41) is 8.59. The smallest absolute Gasteiger partial charge is 0.417 e. The van der Waals surface area contributed by atoms with Crippen LogP contribution in [0.5, 0.6) is 0 Å². The number of rotatable bonds is 2. The minimum atomic E-state index is -0.978. The molecule has 1 rings (SSSR count). The molecule has 0 saturated heterocycles. The van der Waals surface area contributed by atoms with Crippen molar-refractivity contribution in [3.8, 4) is 0 Å². The fourth-order valence-corrected chi connectivity index (χ4v) is 1.22. The number of aryl methyl sites for hydroxylation is 1. The van der Waals surface area contributed by atoms with E-state index in [1.807, 2.05) is 0 Å². The van der Waals surface area contributed by atoms with Crippen LogP contribution in [0.1, 0.15) is 11.3 Å². The van der Waals surface area contributed by atoms with Gasteiger partial charge in [-0.3, -0.25) is 9.36 Å². The Morgan fingerprint density at radius 3 is 2.71 bits per heavy atom. The van der Waals surface area contributed by atoms with E-state index in [-0.39, 0.29) is 6.42 Å². The fraction of sp³-hybridized carbons (Fsp3) is 0.333. The summed E-state index contributed by atoms with van der Waals surface area (Å²) in [6, 6.07) is 1.64. The van der Waals surface area contributed by atoms with E-state index >= 15 is 0 Å². The standard InChI is InChI=1S/C9H11NO4/c1-6-3-7(4-8(11)12)10(5-6)9(13)14-2/h3,5H,4H2,1-2H3,(H,11,12). The number of aromatic nitrogens is 1. The molecule has 0 unspecified atom stereocenters. The Balaban J connectivity index is 3.02. The van der Waals surface area contributed by atoms with Gasteiger partial charge in [0.25, 0.3) is 0 Å². The summed E-state index contributed by atoms with van der Waals surface area (Å²) in [6.45, 7) is 1.78. The van der Waals surface area contributed by atoms with Gasteiger partial charge in [0.05, 0.1) is 13.5 Å². The molecule has 0 amide bonds. The average molecular weight is 197 g/mol. The molecule has 0 aliphatic rings. The highest BCUT2D eigenvalue weighted by atomic mass is 16.5. The molecule has 0 radical (unpaired) electrons. The van der Waals surface area contributed by atoms with E-state index in [4.69, 9.17) is 5.11 Å². The second-order valence-corrected chi connectivity index (χ2v) is 2.92. The van der Waals surface area contributed by atoms with Crippen molar-refractivity contribution in [1.82, 2.24) is 4.57 Å². The normalized spacial score (nSPS) is 9.86. The van der Waals surface area contributed by atoms with Crippen molar-refractivity contribution in [3.05, 3.63) is 23.5 Å². The van der Waals surface area contributed by atoms with Crippen LogP contribution in [0.4, 0.5) is 4.79 Å². The summed E-state index contributed by atoms with van der Waals surface area (Å²) in [5.41, 5.74) is 1.24. The van der Waals surface area contributed by atoms with Gasteiger partial charge in [0, 0.05) is 11.9 Å². The fourth-order valence-electron chi connectivity index (χ4n) is 1.22. The monoisotopic (exact) mass is 197 g/mol. The van der Waals surface area contributed by atoms with Crippen LogP contribution in [0.25, 0.3) is 0 Å². The van der Waals surface area contributed by atoms with Gasteiger partial charge >= 0.3 is 12.1 Å². The van der Waals surface area contributed by atoms with Gasteiger partial charge < -0.3 is 9.84 Å². The molecule has 1 N–H and O–H groups in total. The highest BCUT2D eigenvalue weighted by Gasteiger charge is 2.13. The summed E-state index contributed by atoms with van der Waals surface area (Å²) in [5.74, 6) is -0.978. The zero-order valence-corrected chi connectivity index (χ0v) is 7.98. The van der Waals surface area contributed by atoms with Crippen LogP contribution in [0.3, 0.4) is 0 Å². The zero-order valence-electron chi connectivity index (χ0n) is 7.98. The first-order chi connectivity index (χ1) is 6.54. The lowest BCUT2D eigenvalue weighted by molar-refractivity contribution is -0.136. The molecule has 14 heavy (non-hydrogen) atoms. The van der Waals surface area contributed by atoms with Crippen LogP contribution in [0.2, 0.25) is 0 Å². The van der Waals surface area contributed by atoms with Crippen molar-refractivity contribution < 1.29 is 19.4 Å². The number of carboxylic acids is 1. The number of aliphatic carboxylic acids is 1. The second kappa shape index (κ2) is 3.95. The number of carbonyl (C=O) groups is 2. The minimum Gasteiger partial charge on any atom is -0.481 e. The first-order valence-corrected chi connectivity index (χ1v) is 4.02. The van der Waals surface area contributed by atoms with Crippen molar-refractivity contribution in [1.29, 1.82) is 0 Å². The Kier molecular flexibility index (Phi) is 2.91. The number of ether oxygens (including phenoxy) is 1. The van der Waals surface area contributed by atoms with Crippen LogP contribution < -0.4 is 0 Å². The number of methoxy groups -OCH3 is 1. The van der Waals surface area contributed by atoms with Gasteiger partial charge in [0.1, 0.15) is 0 Å². The third-order valence-electron chi connectivity index (χ3n) is 1.74. The Hall–Kier alpha value is -1.78. The maximum Gasteiger partial charge on any atom is 0.417 e. The molecule has 0 aliphatic carbocycles. The Morgan fingerprint density at radius 1 is 1.57 bits per heavy atom. The Morgan fingerprint density at radius 2 is 2.21 bits per heavy atom. The van der Waals surface area contributed by atoms with Crippen LogP contribution in [-0.2, 0) is 16.0 Å². The van der Waals surface area contributed by atoms with E-state index in [9.17, 15) is 9.59 Å². The van der Waals surface area contributed by atoms with Crippen LogP contribution in [-0.4, -0.2) is 28.8 Å². The third kappa shape index (κ3) is 2.12. The van der Waals surface area contributed by atoms with E-state index in [0.29, 0.717) is 5.69 Å². The molecule has 0 aliphatic heterocycles.